The monoisotopic (exact) mass is 378 g/mol. The van der Waals surface area contributed by atoms with Gasteiger partial charge in [-0.3, -0.25) is 4.79 Å². The average Bonchev–Trinajstić information content (AvgIpc) is 2.70. The maximum atomic E-state index is 12.4. The van der Waals surface area contributed by atoms with Crippen molar-refractivity contribution < 1.29 is 14.3 Å². The van der Waals surface area contributed by atoms with Gasteiger partial charge in [0, 0.05) is 29.8 Å². The number of nitrogens with zero attached hydrogens (tertiary/aromatic N) is 2. The number of aryl methyl sites for hydroxylation is 2. The van der Waals surface area contributed by atoms with Crippen molar-refractivity contribution >= 4 is 23.2 Å². The summed E-state index contributed by atoms with van der Waals surface area (Å²) in [5, 5.41) is 5.95. The van der Waals surface area contributed by atoms with Crippen LogP contribution in [0.4, 0.5) is 17.3 Å². The van der Waals surface area contributed by atoms with Crippen LogP contribution in [-0.2, 0) is 0 Å². The number of anilines is 3. The fraction of sp³-hybridized carbons (Fsp3) is 0.190. The van der Waals surface area contributed by atoms with E-state index < -0.39 is 0 Å². The summed E-state index contributed by atoms with van der Waals surface area (Å²) in [7, 11) is 3.15. The first kappa shape index (κ1) is 19.2. The van der Waals surface area contributed by atoms with E-state index in [0.29, 0.717) is 23.0 Å². The van der Waals surface area contributed by atoms with Gasteiger partial charge in [0.05, 0.1) is 19.8 Å². The molecular weight excluding hydrogens is 356 g/mol. The summed E-state index contributed by atoms with van der Waals surface area (Å²) < 4.78 is 10.5. The van der Waals surface area contributed by atoms with Crippen LogP contribution in [0.3, 0.4) is 0 Å². The molecule has 0 saturated carbocycles. The summed E-state index contributed by atoms with van der Waals surface area (Å²) in [4.78, 5) is 20.9. The van der Waals surface area contributed by atoms with E-state index in [1.165, 1.54) is 12.4 Å². The predicted octanol–water partition coefficient (Wildman–Crippen LogP) is 4.11. The number of methoxy groups -OCH3 is 2. The lowest BCUT2D eigenvalue weighted by Gasteiger charge is -2.11. The van der Waals surface area contributed by atoms with Crippen LogP contribution < -0.4 is 20.1 Å². The van der Waals surface area contributed by atoms with Crippen molar-refractivity contribution in [1.29, 1.82) is 0 Å². The molecule has 2 N–H and O–H groups in total. The summed E-state index contributed by atoms with van der Waals surface area (Å²) in [5.74, 6) is 1.34. The van der Waals surface area contributed by atoms with E-state index in [4.69, 9.17) is 9.47 Å². The first-order valence-electron chi connectivity index (χ1n) is 8.70. The van der Waals surface area contributed by atoms with Crippen molar-refractivity contribution in [3.05, 3.63) is 65.5 Å². The van der Waals surface area contributed by atoms with Gasteiger partial charge < -0.3 is 20.1 Å². The number of ether oxygens (including phenoxy) is 2. The van der Waals surface area contributed by atoms with E-state index >= 15 is 0 Å². The van der Waals surface area contributed by atoms with Crippen molar-refractivity contribution in [2.24, 2.45) is 0 Å². The van der Waals surface area contributed by atoms with Crippen LogP contribution in [-0.4, -0.2) is 30.1 Å². The van der Waals surface area contributed by atoms with Crippen LogP contribution in [0.1, 0.15) is 21.5 Å². The van der Waals surface area contributed by atoms with E-state index in [0.717, 1.165) is 22.5 Å². The quantitative estimate of drug-likeness (QED) is 0.671. The van der Waals surface area contributed by atoms with Crippen LogP contribution in [0.5, 0.6) is 11.5 Å². The van der Waals surface area contributed by atoms with Crippen molar-refractivity contribution in [2.75, 3.05) is 24.9 Å². The molecule has 0 bridgehead atoms. The van der Waals surface area contributed by atoms with Gasteiger partial charge >= 0.3 is 0 Å². The molecule has 0 atom stereocenters. The van der Waals surface area contributed by atoms with Crippen LogP contribution in [0.2, 0.25) is 0 Å². The van der Waals surface area contributed by atoms with E-state index in [1.54, 1.807) is 26.4 Å². The normalized spacial score (nSPS) is 10.3. The largest absolute Gasteiger partial charge is 0.493 e. The second-order valence-corrected chi connectivity index (χ2v) is 6.26. The summed E-state index contributed by atoms with van der Waals surface area (Å²) >= 11 is 0. The molecule has 3 aromatic rings. The van der Waals surface area contributed by atoms with Crippen molar-refractivity contribution in [3.63, 3.8) is 0 Å². The zero-order valence-corrected chi connectivity index (χ0v) is 16.2. The molecule has 0 aliphatic heterocycles. The number of carbonyl (C=O) groups is 1. The Kier molecular flexibility index (Phi) is 5.74. The molecule has 0 fully saturated rings. The summed E-state index contributed by atoms with van der Waals surface area (Å²) in [6, 6.07) is 11.2. The van der Waals surface area contributed by atoms with Crippen LogP contribution in [0.25, 0.3) is 0 Å². The number of benzene rings is 2. The highest BCUT2D eigenvalue weighted by Crippen LogP contribution is 2.30. The van der Waals surface area contributed by atoms with Gasteiger partial charge in [0.25, 0.3) is 5.91 Å². The van der Waals surface area contributed by atoms with E-state index in [9.17, 15) is 4.79 Å². The van der Waals surface area contributed by atoms with Gasteiger partial charge in [-0.05, 0) is 37.6 Å². The van der Waals surface area contributed by atoms with Gasteiger partial charge in [-0.25, -0.2) is 9.97 Å². The summed E-state index contributed by atoms with van der Waals surface area (Å²) in [5.41, 5.74) is 4.02. The van der Waals surface area contributed by atoms with Gasteiger partial charge in [-0.15, -0.1) is 0 Å². The molecule has 0 aliphatic rings. The molecule has 144 valence electrons. The third kappa shape index (κ3) is 4.37. The Hall–Kier alpha value is -3.61. The first-order valence-corrected chi connectivity index (χ1v) is 8.70. The fourth-order valence-corrected chi connectivity index (χ4v) is 2.70. The number of hydrogen-bond acceptors (Lipinski definition) is 6. The average molecular weight is 378 g/mol. The Morgan fingerprint density at radius 3 is 2.29 bits per heavy atom. The Bertz CT molecular complexity index is 987. The Balaban J connectivity index is 1.70. The highest BCUT2D eigenvalue weighted by Gasteiger charge is 2.10. The van der Waals surface area contributed by atoms with Crippen LogP contribution in [0, 0.1) is 13.8 Å². The summed E-state index contributed by atoms with van der Waals surface area (Å²) in [6.07, 6.45) is 2.96. The van der Waals surface area contributed by atoms with Gasteiger partial charge in [0.1, 0.15) is 0 Å². The first-order chi connectivity index (χ1) is 13.5. The molecule has 0 unspecified atom stereocenters. The van der Waals surface area contributed by atoms with E-state index in [2.05, 4.69) is 20.6 Å². The Morgan fingerprint density at radius 2 is 1.64 bits per heavy atom. The minimum absolute atomic E-state index is 0.260. The topological polar surface area (TPSA) is 85.4 Å². The van der Waals surface area contributed by atoms with Gasteiger partial charge in [-0.2, -0.15) is 0 Å². The second-order valence-electron chi connectivity index (χ2n) is 6.26. The molecule has 2 aromatic carbocycles. The lowest BCUT2D eigenvalue weighted by molar-refractivity contribution is 0.102. The van der Waals surface area contributed by atoms with E-state index in [-0.39, 0.29) is 5.91 Å². The van der Waals surface area contributed by atoms with Gasteiger partial charge in [0.15, 0.2) is 11.5 Å². The fourth-order valence-electron chi connectivity index (χ4n) is 2.70. The highest BCUT2D eigenvalue weighted by molar-refractivity contribution is 6.04. The second kappa shape index (κ2) is 8.39. The predicted molar refractivity (Wildman–Crippen MR) is 109 cm³/mol. The number of carbonyl (C=O) groups excluding carboxylic acids is 1. The molecule has 1 amide bonds. The van der Waals surface area contributed by atoms with Crippen molar-refractivity contribution in [1.82, 2.24) is 9.97 Å². The number of hydrogen-bond donors (Lipinski definition) is 2. The molecule has 28 heavy (non-hydrogen) atoms. The zero-order chi connectivity index (χ0) is 20.1. The molecule has 3 rings (SSSR count). The highest BCUT2D eigenvalue weighted by atomic mass is 16.5. The standard InChI is InChI=1S/C21H22N4O3/c1-13-5-7-17(14(2)9-13)25-20(26)15-11-22-21(23-12-15)24-16-6-8-18(27-3)19(10-16)28-4/h5-12H,1-4H3,(H,25,26)(H,22,23,24). The van der Waals surface area contributed by atoms with Gasteiger partial charge in [-0.1, -0.05) is 17.7 Å². The van der Waals surface area contributed by atoms with Gasteiger partial charge in [0.2, 0.25) is 5.95 Å². The zero-order valence-electron chi connectivity index (χ0n) is 16.2. The molecule has 7 heteroatoms. The number of aromatic nitrogens is 2. The molecule has 0 spiro atoms. The maximum Gasteiger partial charge on any atom is 0.258 e. The van der Waals surface area contributed by atoms with Crippen LogP contribution in [0.15, 0.2) is 48.8 Å². The lowest BCUT2D eigenvalue weighted by atomic mass is 10.1. The smallest absolute Gasteiger partial charge is 0.258 e. The number of rotatable bonds is 6. The minimum Gasteiger partial charge on any atom is -0.493 e. The summed E-state index contributed by atoms with van der Waals surface area (Å²) in [6.45, 7) is 3.96. The number of nitrogens with one attached hydrogen (secondary N) is 2. The number of amides is 1. The Morgan fingerprint density at radius 1 is 0.929 bits per heavy atom. The molecule has 1 aromatic heterocycles. The lowest BCUT2D eigenvalue weighted by Crippen LogP contribution is -2.14. The molecule has 1 heterocycles. The molecule has 0 saturated heterocycles. The SMILES string of the molecule is COc1ccc(Nc2ncc(C(=O)Nc3ccc(C)cc3C)cn2)cc1OC. The van der Waals surface area contributed by atoms with Crippen molar-refractivity contribution in [3.8, 4) is 11.5 Å². The van der Waals surface area contributed by atoms with Crippen molar-refractivity contribution in [2.45, 2.75) is 13.8 Å². The molecule has 0 radical (unpaired) electrons. The third-order valence-corrected chi connectivity index (χ3v) is 4.18. The maximum absolute atomic E-state index is 12.4. The minimum atomic E-state index is -0.260. The molecule has 7 nitrogen and oxygen atoms in total. The third-order valence-electron chi connectivity index (χ3n) is 4.18. The molecular formula is C21H22N4O3. The van der Waals surface area contributed by atoms with E-state index in [1.807, 2.05) is 38.1 Å². The molecule has 0 aliphatic carbocycles. The Labute approximate surface area is 163 Å². The van der Waals surface area contributed by atoms with Crippen LogP contribution >= 0.6 is 0 Å².